The molecule has 3 rings (SSSR count). The van der Waals surface area contributed by atoms with Crippen LogP contribution in [-0.2, 0) is 4.79 Å². The van der Waals surface area contributed by atoms with Crippen LogP contribution in [0.5, 0.6) is 5.75 Å². The van der Waals surface area contributed by atoms with Gasteiger partial charge >= 0.3 is 0 Å². The van der Waals surface area contributed by atoms with Crippen LogP contribution in [0.3, 0.4) is 0 Å². The minimum atomic E-state index is -0.606. The van der Waals surface area contributed by atoms with Crippen molar-refractivity contribution in [3.63, 3.8) is 0 Å². The average Bonchev–Trinajstić information content (AvgIpc) is 2.73. The lowest BCUT2D eigenvalue weighted by Gasteiger charge is -2.11. The van der Waals surface area contributed by atoms with Crippen LogP contribution in [0.2, 0.25) is 0 Å². The molecule has 0 unspecified atom stereocenters. The first-order valence-corrected chi connectivity index (χ1v) is 9.02. The molecule has 3 amide bonds. The summed E-state index contributed by atoms with van der Waals surface area (Å²) in [4.78, 5) is 35.9. The normalized spacial score (nSPS) is 10.4. The van der Waals surface area contributed by atoms with Gasteiger partial charge in [0.2, 0.25) is 11.8 Å². The Kier molecular flexibility index (Phi) is 6.09. The summed E-state index contributed by atoms with van der Waals surface area (Å²) in [6, 6.07) is 17.7. The van der Waals surface area contributed by atoms with E-state index in [1.165, 1.54) is 19.2 Å². The molecule has 3 aromatic rings. The number of anilines is 1. The summed E-state index contributed by atoms with van der Waals surface area (Å²) in [5.74, 6) is -0.782. The molecule has 0 radical (unpaired) electrons. The molecule has 29 heavy (non-hydrogen) atoms. The number of ether oxygens (including phenoxy) is 1. The molecule has 7 heteroatoms. The Morgan fingerprint density at radius 3 is 2.38 bits per heavy atom. The highest BCUT2D eigenvalue weighted by Gasteiger charge is 2.12. The summed E-state index contributed by atoms with van der Waals surface area (Å²) in [6.45, 7) is 0.162. The van der Waals surface area contributed by atoms with Gasteiger partial charge in [-0.3, -0.25) is 14.4 Å². The van der Waals surface area contributed by atoms with E-state index in [0.717, 1.165) is 10.8 Å². The first-order valence-electron chi connectivity index (χ1n) is 9.02. The Balaban J connectivity index is 1.57. The van der Waals surface area contributed by atoms with Gasteiger partial charge in [-0.05, 0) is 41.1 Å². The number of methoxy groups -OCH3 is 1. The van der Waals surface area contributed by atoms with Crippen molar-refractivity contribution >= 4 is 34.2 Å². The Labute approximate surface area is 167 Å². The van der Waals surface area contributed by atoms with Crippen LogP contribution < -0.4 is 21.1 Å². The summed E-state index contributed by atoms with van der Waals surface area (Å²) in [5.41, 5.74) is 6.39. The molecule has 0 spiro atoms. The van der Waals surface area contributed by atoms with Gasteiger partial charge in [-0.25, -0.2) is 0 Å². The van der Waals surface area contributed by atoms with Gasteiger partial charge in [0.05, 0.1) is 12.8 Å². The first-order chi connectivity index (χ1) is 14.0. The Bertz CT molecular complexity index is 1080. The number of carbonyl (C=O) groups excluding carboxylic acids is 3. The molecule has 148 valence electrons. The summed E-state index contributed by atoms with van der Waals surface area (Å²) in [6.07, 6.45) is 0.0588. The maximum Gasteiger partial charge on any atom is 0.251 e. The fourth-order valence-corrected chi connectivity index (χ4v) is 2.89. The van der Waals surface area contributed by atoms with Crippen LogP contribution in [0, 0.1) is 0 Å². The summed E-state index contributed by atoms with van der Waals surface area (Å²) >= 11 is 0. The van der Waals surface area contributed by atoms with Gasteiger partial charge in [0.1, 0.15) is 5.75 Å². The van der Waals surface area contributed by atoms with Crippen molar-refractivity contribution in [2.75, 3.05) is 19.0 Å². The van der Waals surface area contributed by atoms with E-state index in [9.17, 15) is 14.4 Å². The lowest BCUT2D eigenvalue weighted by molar-refractivity contribution is -0.116. The number of rotatable bonds is 7. The molecule has 0 aliphatic heterocycles. The van der Waals surface area contributed by atoms with Gasteiger partial charge in [-0.1, -0.05) is 30.3 Å². The fourth-order valence-electron chi connectivity index (χ4n) is 2.89. The summed E-state index contributed by atoms with van der Waals surface area (Å²) in [7, 11) is 1.46. The molecule has 0 aliphatic rings. The van der Waals surface area contributed by atoms with Crippen molar-refractivity contribution in [2.45, 2.75) is 6.42 Å². The Morgan fingerprint density at radius 2 is 1.66 bits per heavy atom. The second kappa shape index (κ2) is 8.88. The van der Waals surface area contributed by atoms with Crippen LogP contribution in [0.25, 0.3) is 10.8 Å². The molecule has 0 atom stereocenters. The first kappa shape index (κ1) is 19.9. The number of fused-ring (bicyclic) bond motifs is 1. The van der Waals surface area contributed by atoms with Gasteiger partial charge in [0, 0.05) is 24.1 Å². The highest BCUT2D eigenvalue weighted by Crippen LogP contribution is 2.25. The number of benzene rings is 3. The average molecular weight is 391 g/mol. The fraction of sp³-hybridized carbons (Fsp3) is 0.136. The van der Waals surface area contributed by atoms with Crippen LogP contribution in [-0.4, -0.2) is 31.4 Å². The van der Waals surface area contributed by atoms with Crippen molar-refractivity contribution in [1.82, 2.24) is 5.32 Å². The number of hydrogen-bond donors (Lipinski definition) is 3. The molecule has 0 saturated heterocycles. The molecule has 0 bridgehead atoms. The van der Waals surface area contributed by atoms with Crippen LogP contribution in [0.15, 0.2) is 60.7 Å². The maximum absolute atomic E-state index is 12.3. The molecule has 0 saturated carbocycles. The number of primary amides is 1. The zero-order valence-electron chi connectivity index (χ0n) is 15.9. The van der Waals surface area contributed by atoms with Gasteiger partial charge in [0.25, 0.3) is 5.91 Å². The van der Waals surface area contributed by atoms with Crippen LogP contribution in [0.4, 0.5) is 5.69 Å². The maximum atomic E-state index is 12.3. The van der Waals surface area contributed by atoms with Crippen molar-refractivity contribution in [1.29, 1.82) is 0 Å². The van der Waals surface area contributed by atoms with E-state index in [2.05, 4.69) is 10.6 Å². The van der Waals surface area contributed by atoms with Gasteiger partial charge in [-0.15, -0.1) is 0 Å². The molecule has 0 fully saturated rings. The summed E-state index contributed by atoms with van der Waals surface area (Å²) in [5, 5.41) is 7.43. The van der Waals surface area contributed by atoms with E-state index in [-0.39, 0.29) is 30.3 Å². The third kappa shape index (κ3) is 4.90. The van der Waals surface area contributed by atoms with Crippen LogP contribution in [0.1, 0.15) is 27.1 Å². The van der Waals surface area contributed by atoms with Gasteiger partial charge in [0.15, 0.2) is 0 Å². The number of amides is 3. The third-order valence-electron chi connectivity index (χ3n) is 4.41. The zero-order chi connectivity index (χ0) is 20.8. The molecule has 0 aliphatic carbocycles. The minimum Gasteiger partial charge on any atom is -0.495 e. The molecule has 0 aromatic heterocycles. The molecular weight excluding hydrogens is 370 g/mol. The van der Waals surface area contributed by atoms with Gasteiger partial charge < -0.3 is 21.1 Å². The monoisotopic (exact) mass is 391 g/mol. The smallest absolute Gasteiger partial charge is 0.251 e. The summed E-state index contributed by atoms with van der Waals surface area (Å²) < 4.78 is 5.18. The van der Waals surface area contributed by atoms with Crippen LogP contribution >= 0.6 is 0 Å². The SMILES string of the molecule is COc1ccc(C(N)=O)cc1NC(=O)CCNC(=O)c1ccc2ccccc2c1. The van der Waals surface area contributed by atoms with E-state index in [1.54, 1.807) is 12.1 Å². The largest absolute Gasteiger partial charge is 0.495 e. The zero-order valence-corrected chi connectivity index (χ0v) is 15.9. The lowest BCUT2D eigenvalue weighted by atomic mass is 10.1. The standard InChI is InChI=1S/C22H21N3O4/c1-29-19-9-8-16(21(23)27)13-18(19)25-20(26)10-11-24-22(28)17-7-6-14-4-2-3-5-15(14)12-17/h2-9,12-13H,10-11H2,1H3,(H2,23,27)(H,24,28)(H,25,26). The minimum absolute atomic E-state index is 0.0588. The molecular formula is C22H21N3O4. The van der Waals surface area contributed by atoms with Crippen molar-refractivity contribution in [2.24, 2.45) is 5.73 Å². The molecule has 7 nitrogen and oxygen atoms in total. The third-order valence-corrected chi connectivity index (χ3v) is 4.41. The van der Waals surface area contributed by atoms with E-state index in [4.69, 9.17) is 10.5 Å². The van der Waals surface area contributed by atoms with E-state index < -0.39 is 5.91 Å². The van der Waals surface area contributed by atoms with Crippen molar-refractivity contribution in [3.8, 4) is 5.75 Å². The molecule has 0 heterocycles. The molecule has 4 N–H and O–H groups in total. The quantitative estimate of drug-likeness (QED) is 0.575. The second-order valence-corrected chi connectivity index (χ2v) is 6.40. The molecule has 3 aromatic carbocycles. The number of carbonyl (C=O) groups is 3. The predicted octanol–water partition coefficient (Wildman–Crippen LogP) is 2.71. The Morgan fingerprint density at radius 1 is 0.931 bits per heavy atom. The topological polar surface area (TPSA) is 111 Å². The number of nitrogens with two attached hydrogens (primary N) is 1. The van der Waals surface area contributed by atoms with Crippen molar-refractivity contribution < 1.29 is 19.1 Å². The highest BCUT2D eigenvalue weighted by molar-refractivity contribution is 6.00. The lowest BCUT2D eigenvalue weighted by Crippen LogP contribution is -2.27. The second-order valence-electron chi connectivity index (χ2n) is 6.40. The van der Waals surface area contributed by atoms with E-state index >= 15 is 0 Å². The van der Waals surface area contributed by atoms with E-state index in [0.29, 0.717) is 17.0 Å². The number of nitrogens with one attached hydrogen (secondary N) is 2. The number of hydrogen-bond acceptors (Lipinski definition) is 4. The predicted molar refractivity (Wildman–Crippen MR) is 111 cm³/mol. The highest BCUT2D eigenvalue weighted by atomic mass is 16.5. The van der Waals surface area contributed by atoms with Gasteiger partial charge in [-0.2, -0.15) is 0 Å². The van der Waals surface area contributed by atoms with Crippen molar-refractivity contribution in [3.05, 3.63) is 71.8 Å². The Hall–Kier alpha value is -3.87. The van der Waals surface area contributed by atoms with E-state index in [1.807, 2.05) is 36.4 Å².